The molecule has 1 aliphatic rings. The standard InChI is InChI=1S/C13H18N4O2/c1-2-3-11-13(19)17(7-5-12(18)16-11)8-10-4-6-14-9-15-10/h4,6,9,11H,2-3,5,7-8H2,1H3,(H,16,18). The molecule has 2 amide bonds. The van der Waals surface area contributed by atoms with Crippen LogP contribution in [-0.4, -0.2) is 39.3 Å². The van der Waals surface area contributed by atoms with Gasteiger partial charge in [-0.15, -0.1) is 0 Å². The zero-order chi connectivity index (χ0) is 13.7. The van der Waals surface area contributed by atoms with Gasteiger partial charge in [-0.1, -0.05) is 13.3 Å². The van der Waals surface area contributed by atoms with Crippen molar-refractivity contribution in [2.75, 3.05) is 6.54 Å². The van der Waals surface area contributed by atoms with Gasteiger partial charge in [0.25, 0.3) is 0 Å². The Hall–Kier alpha value is -1.98. The van der Waals surface area contributed by atoms with Crippen molar-refractivity contribution >= 4 is 11.8 Å². The number of amides is 2. The van der Waals surface area contributed by atoms with Gasteiger partial charge in [0.05, 0.1) is 12.2 Å². The van der Waals surface area contributed by atoms with E-state index in [-0.39, 0.29) is 11.8 Å². The summed E-state index contributed by atoms with van der Waals surface area (Å²) in [7, 11) is 0. The normalized spacial score (nSPS) is 20.1. The van der Waals surface area contributed by atoms with Gasteiger partial charge >= 0.3 is 0 Å². The first-order valence-electron chi connectivity index (χ1n) is 6.53. The summed E-state index contributed by atoms with van der Waals surface area (Å²) in [6, 6.07) is 1.38. The second kappa shape index (κ2) is 6.26. The number of aromatic nitrogens is 2. The van der Waals surface area contributed by atoms with Crippen LogP contribution in [-0.2, 0) is 16.1 Å². The summed E-state index contributed by atoms with van der Waals surface area (Å²) in [4.78, 5) is 33.6. The van der Waals surface area contributed by atoms with Crippen LogP contribution >= 0.6 is 0 Å². The van der Waals surface area contributed by atoms with E-state index in [0.717, 1.165) is 12.1 Å². The van der Waals surface area contributed by atoms with Crippen LogP contribution in [0.15, 0.2) is 18.6 Å². The number of nitrogens with one attached hydrogen (secondary N) is 1. The second-order valence-electron chi connectivity index (χ2n) is 4.62. The molecule has 0 saturated carbocycles. The zero-order valence-corrected chi connectivity index (χ0v) is 11.0. The summed E-state index contributed by atoms with van der Waals surface area (Å²) in [5.41, 5.74) is 0.785. The predicted molar refractivity (Wildman–Crippen MR) is 68.9 cm³/mol. The molecule has 2 heterocycles. The topological polar surface area (TPSA) is 75.2 Å². The Kier molecular flexibility index (Phi) is 4.43. The van der Waals surface area contributed by atoms with E-state index < -0.39 is 6.04 Å². The second-order valence-corrected chi connectivity index (χ2v) is 4.62. The molecule has 1 fully saturated rings. The third-order valence-electron chi connectivity index (χ3n) is 3.13. The molecule has 1 saturated heterocycles. The Balaban J connectivity index is 2.10. The summed E-state index contributed by atoms with van der Waals surface area (Å²) in [6.45, 7) is 2.87. The number of carbonyl (C=O) groups is 2. The van der Waals surface area contributed by atoms with Gasteiger partial charge in [0.2, 0.25) is 11.8 Å². The highest BCUT2D eigenvalue weighted by atomic mass is 16.2. The Bertz CT molecular complexity index is 449. The largest absolute Gasteiger partial charge is 0.344 e. The molecule has 0 spiro atoms. The minimum atomic E-state index is -0.401. The van der Waals surface area contributed by atoms with Crippen LogP contribution in [0.3, 0.4) is 0 Å². The van der Waals surface area contributed by atoms with Gasteiger partial charge in [-0.2, -0.15) is 0 Å². The Morgan fingerprint density at radius 1 is 1.47 bits per heavy atom. The number of hydrogen-bond donors (Lipinski definition) is 1. The van der Waals surface area contributed by atoms with Crippen LogP contribution in [0.25, 0.3) is 0 Å². The van der Waals surface area contributed by atoms with E-state index in [9.17, 15) is 9.59 Å². The van der Waals surface area contributed by atoms with Gasteiger partial charge in [-0.25, -0.2) is 9.97 Å². The number of carbonyl (C=O) groups excluding carboxylic acids is 2. The Morgan fingerprint density at radius 2 is 2.32 bits per heavy atom. The van der Waals surface area contributed by atoms with Gasteiger partial charge in [0.1, 0.15) is 12.4 Å². The molecular weight excluding hydrogens is 244 g/mol. The van der Waals surface area contributed by atoms with Crippen molar-refractivity contribution in [2.24, 2.45) is 0 Å². The van der Waals surface area contributed by atoms with E-state index in [1.807, 2.05) is 6.92 Å². The van der Waals surface area contributed by atoms with Gasteiger partial charge in [-0.3, -0.25) is 9.59 Å². The quantitative estimate of drug-likeness (QED) is 0.857. The SMILES string of the molecule is CCCC1NC(=O)CCN(Cc2ccncn2)C1=O. The highest BCUT2D eigenvalue weighted by molar-refractivity contribution is 5.89. The minimum absolute atomic E-state index is 0.0219. The van der Waals surface area contributed by atoms with Crippen molar-refractivity contribution in [3.05, 3.63) is 24.3 Å². The molecule has 6 nitrogen and oxygen atoms in total. The number of nitrogens with zero attached hydrogens (tertiary/aromatic N) is 3. The van der Waals surface area contributed by atoms with Crippen LogP contribution < -0.4 is 5.32 Å². The van der Waals surface area contributed by atoms with Crippen LogP contribution in [0.1, 0.15) is 31.9 Å². The molecule has 1 aromatic heterocycles. The van der Waals surface area contributed by atoms with Crippen molar-refractivity contribution in [2.45, 2.75) is 38.8 Å². The van der Waals surface area contributed by atoms with Gasteiger partial charge in [0, 0.05) is 19.2 Å². The maximum absolute atomic E-state index is 12.4. The van der Waals surface area contributed by atoms with E-state index >= 15 is 0 Å². The lowest BCUT2D eigenvalue weighted by Gasteiger charge is -2.23. The smallest absolute Gasteiger partial charge is 0.245 e. The predicted octanol–water partition coefficient (Wildman–Crippen LogP) is 0.494. The molecule has 2 rings (SSSR count). The first-order valence-corrected chi connectivity index (χ1v) is 6.53. The highest BCUT2D eigenvalue weighted by Gasteiger charge is 2.29. The first kappa shape index (κ1) is 13.5. The third-order valence-corrected chi connectivity index (χ3v) is 3.13. The first-order chi connectivity index (χ1) is 9.20. The Labute approximate surface area is 112 Å². The van der Waals surface area contributed by atoms with Crippen molar-refractivity contribution in [1.29, 1.82) is 0 Å². The van der Waals surface area contributed by atoms with Crippen LogP contribution in [0.2, 0.25) is 0 Å². The fraction of sp³-hybridized carbons (Fsp3) is 0.538. The van der Waals surface area contributed by atoms with E-state index in [1.54, 1.807) is 17.2 Å². The molecule has 1 atom stereocenters. The van der Waals surface area contributed by atoms with Crippen molar-refractivity contribution in [1.82, 2.24) is 20.2 Å². The summed E-state index contributed by atoms with van der Waals surface area (Å²) >= 11 is 0. The molecule has 1 aliphatic heterocycles. The summed E-state index contributed by atoms with van der Waals surface area (Å²) in [5.74, 6) is -0.0803. The van der Waals surface area contributed by atoms with E-state index in [2.05, 4.69) is 15.3 Å². The summed E-state index contributed by atoms with van der Waals surface area (Å²) in [5, 5.41) is 2.78. The van der Waals surface area contributed by atoms with Crippen molar-refractivity contribution in [3.63, 3.8) is 0 Å². The average molecular weight is 262 g/mol. The third kappa shape index (κ3) is 3.49. The van der Waals surface area contributed by atoms with Crippen LogP contribution in [0.4, 0.5) is 0 Å². The Morgan fingerprint density at radius 3 is 3.00 bits per heavy atom. The maximum atomic E-state index is 12.4. The molecule has 0 aliphatic carbocycles. The molecular formula is C13H18N4O2. The lowest BCUT2D eigenvalue weighted by atomic mass is 10.1. The number of hydrogen-bond acceptors (Lipinski definition) is 4. The molecule has 0 radical (unpaired) electrons. The fourth-order valence-electron chi connectivity index (χ4n) is 2.14. The minimum Gasteiger partial charge on any atom is -0.344 e. The molecule has 1 N–H and O–H groups in total. The van der Waals surface area contributed by atoms with Crippen LogP contribution in [0.5, 0.6) is 0 Å². The molecule has 0 aromatic carbocycles. The maximum Gasteiger partial charge on any atom is 0.245 e. The summed E-state index contributed by atoms with van der Waals surface area (Å²) < 4.78 is 0. The molecule has 1 aromatic rings. The molecule has 1 unspecified atom stereocenters. The molecule has 102 valence electrons. The highest BCUT2D eigenvalue weighted by Crippen LogP contribution is 2.11. The number of rotatable bonds is 4. The van der Waals surface area contributed by atoms with E-state index in [4.69, 9.17) is 0 Å². The van der Waals surface area contributed by atoms with Crippen molar-refractivity contribution < 1.29 is 9.59 Å². The summed E-state index contributed by atoms with van der Waals surface area (Å²) in [6.07, 6.45) is 4.99. The molecule has 0 bridgehead atoms. The molecule has 19 heavy (non-hydrogen) atoms. The van der Waals surface area contributed by atoms with E-state index in [1.165, 1.54) is 6.33 Å². The van der Waals surface area contributed by atoms with Gasteiger partial charge < -0.3 is 10.2 Å². The average Bonchev–Trinajstić information content (AvgIpc) is 2.54. The lowest BCUT2D eigenvalue weighted by molar-refractivity contribution is -0.134. The van der Waals surface area contributed by atoms with Gasteiger partial charge in [-0.05, 0) is 12.5 Å². The van der Waals surface area contributed by atoms with E-state index in [0.29, 0.717) is 25.9 Å². The van der Waals surface area contributed by atoms with Gasteiger partial charge in [0.15, 0.2) is 0 Å². The fourth-order valence-corrected chi connectivity index (χ4v) is 2.14. The van der Waals surface area contributed by atoms with Crippen LogP contribution in [0, 0.1) is 0 Å². The lowest BCUT2D eigenvalue weighted by Crippen LogP contribution is -2.44. The monoisotopic (exact) mass is 262 g/mol. The van der Waals surface area contributed by atoms with Crippen molar-refractivity contribution in [3.8, 4) is 0 Å². The zero-order valence-electron chi connectivity index (χ0n) is 11.0. The molecule has 6 heteroatoms.